The van der Waals surface area contributed by atoms with Gasteiger partial charge in [-0.15, -0.1) is 0 Å². The molecule has 0 aliphatic heterocycles. The predicted octanol–water partition coefficient (Wildman–Crippen LogP) is 6.86. The van der Waals surface area contributed by atoms with Gasteiger partial charge in [-0.05, 0) is 42.3 Å². The number of hydrogen-bond donors (Lipinski definition) is 1. The first kappa shape index (κ1) is 15.8. The van der Waals surface area contributed by atoms with Gasteiger partial charge in [0, 0.05) is 5.02 Å². The molecule has 1 N–H and O–H groups in total. The largest absolute Gasteiger partial charge is 0.377 e. The van der Waals surface area contributed by atoms with Crippen LogP contribution in [0, 0.1) is 0 Å². The summed E-state index contributed by atoms with van der Waals surface area (Å²) in [5.41, 5.74) is 1.86. The number of anilines is 1. The summed E-state index contributed by atoms with van der Waals surface area (Å²) in [6.45, 7) is 2.08. The van der Waals surface area contributed by atoms with Gasteiger partial charge in [-0.2, -0.15) is 0 Å². The lowest BCUT2D eigenvalue weighted by Crippen LogP contribution is -2.10. The average Bonchev–Trinajstić information content (AvgIpc) is 2.43. The van der Waals surface area contributed by atoms with Crippen LogP contribution in [0.1, 0.15) is 24.9 Å². The van der Waals surface area contributed by atoms with E-state index >= 15 is 0 Å². The Hall–Kier alpha value is -0.600. The lowest BCUT2D eigenvalue weighted by molar-refractivity contribution is 0.749. The third kappa shape index (κ3) is 3.73. The van der Waals surface area contributed by atoms with Crippen LogP contribution in [0.3, 0.4) is 0 Å². The number of rotatable bonds is 4. The molecule has 20 heavy (non-hydrogen) atoms. The summed E-state index contributed by atoms with van der Waals surface area (Å²) in [4.78, 5) is 0. The molecular weight excluding hydrogens is 336 g/mol. The molecule has 2 aromatic rings. The van der Waals surface area contributed by atoms with Gasteiger partial charge in [0.05, 0.1) is 26.8 Å². The first-order valence-electron chi connectivity index (χ1n) is 6.17. The smallest absolute Gasteiger partial charge is 0.0638 e. The van der Waals surface area contributed by atoms with E-state index in [2.05, 4.69) is 12.2 Å². The Morgan fingerprint density at radius 2 is 1.60 bits per heavy atom. The fraction of sp³-hybridized carbons (Fsp3) is 0.200. The van der Waals surface area contributed by atoms with E-state index in [1.54, 1.807) is 18.2 Å². The normalized spacial score (nSPS) is 12.2. The molecule has 0 heterocycles. The van der Waals surface area contributed by atoms with Gasteiger partial charge < -0.3 is 5.32 Å². The predicted molar refractivity (Wildman–Crippen MR) is 89.6 cm³/mol. The van der Waals surface area contributed by atoms with Crippen molar-refractivity contribution in [3.63, 3.8) is 0 Å². The van der Waals surface area contributed by atoms with E-state index < -0.39 is 0 Å². The summed E-state index contributed by atoms with van der Waals surface area (Å²) in [7, 11) is 0. The second-order valence-electron chi connectivity index (χ2n) is 4.40. The monoisotopic (exact) mass is 347 g/mol. The van der Waals surface area contributed by atoms with Gasteiger partial charge in [0.1, 0.15) is 0 Å². The minimum atomic E-state index is 0.0840. The van der Waals surface area contributed by atoms with Crippen LogP contribution in [0.25, 0.3) is 0 Å². The van der Waals surface area contributed by atoms with Crippen LogP contribution in [0.15, 0.2) is 36.4 Å². The van der Waals surface area contributed by atoms with Crippen molar-refractivity contribution >= 4 is 52.1 Å². The van der Waals surface area contributed by atoms with Crippen molar-refractivity contribution in [2.45, 2.75) is 19.4 Å². The van der Waals surface area contributed by atoms with E-state index in [9.17, 15) is 0 Å². The molecular formula is C15H13Cl4N. The van der Waals surface area contributed by atoms with Crippen molar-refractivity contribution in [3.05, 3.63) is 62.1 Å². The number of benzene rings is 2. The SMILES string of the molecule is CCC(Nc1cc(Cl)ccc1Cl)c1ccc(Cl)c(Cl)c1. The summed E-state index contributed by atoms with van der Waals surface area (Å²) in [6, 6.07) is 11.0. The molecule has 0 aromatic heterocycles. The van der Waals surface area contributed by atoms with Gasteiger partial charge in [0.2, 0.25) is 0 Å². The van der Waals surface area contributed by atoms with E-state index in [-0.39, 0.29) is 6.04 Å². The molecule has 0 aliphatic rings. The standard InChI is InChI=1S/C15H13Cl4N/c1-2-14(9-3-5-11(17)13(19)7-9)20-15-8-10(16)4-6-12(15)18/h3-8,14,20H,2H2,1H3. The van der Waals surface area contributed by atoms with Crippen LogP contribution in [0.4, 0.5) is 5.69 Å². The van der Waals surface area contributed by atoms with Crippen LogP contribution in [0.2, 0.25) is 20.1 Å². The molecule has 0 saturated carbocycles. The van der Waals surface area contributed by atoms with E-state index in [0.717, 1.165) is 17.7 Å². The minimum absolute atomic E-state index is 0.0840. The Bertz CT molecular complexity index is 613. The molecule has 0 saturated heterocycles. The van der Waals surface area contributed by atoms with E-state index in [1.807, 2.05) is 18.2 Å². The van der Waals surface area contributed by atoms with Gasteiger partial charge in [-0.1, -0.05) is 59.4 Å². The van der Waals surface area contributed by atoms with Gasteiger partial charge in [0.25, 0.3) is 0 Å². The highest BCUT2D eigenvalue weighted by atomic mass is 35.5. The van der Waals surface area contributed by atoms with Crippen LogP contribution in [-0.4, -0.2) is 0 Å². The fourth-order valence-electron chi connectivity index (χ4n) is 1.95. The molecule has 0 aliphatic carbocycles. The third-order valence-electron chi connectivity index (χ3n) is 3.01. The first-order chi connectivity index (χ1) is 9.51. The maximum atomic E-state index is 6.17. The second-order valence-corrected chi connectivity index (χ2v) is 6.06. The zero-order chi connectivity index (χ0) is 14.7. The molecule has 1 atom stereocenters. The van der Waals surface area contributed by atoms with Crippen molar-refractivity contribution in [2.75, 3.05) is 5.32 Å². The summed E-state index contributed by atoms with van der Waals surface area (Å²) < 4.78 is 0. The highest BCUT2D eigenvalue weighted by Crippen LogP contribution is 2.32. The number of nitrogens with one attached hydrogen (secondary N) is 1. The van der Waals surface area contributed by atoms with Crippen molar-refractivity contribution in [1.82, 2.24) is 0 Å². The highest BCUT2D eigenvalue weighted by molar-refractivity contribution is 6.42. The number of halogens is 4. The summed E-state index contributed by atoms with van der Waals surface area (Å²) in [5, 5.41) is 5.75. The van der Waals surface area contributed by atoms with E-state index in [1.165, 1.54) is 0 Å². The zero-order valence-electron chi connectivity index (χ0n) is 10.8. The van der Waals surface area contributed by atoms with Crippen LogP contribution >= 0.6 is 46.4 Å². The van der Waals surface area contributed by atoms with Crippen LogP contribution < -0.4 is 5.32 Å². The van der Waals surface area contributed by atoms with Gasteiger partial charge in [-0.25, -0.2) is 0 Å². The van der Waals surface area contributed by atoms with Gasteiger partial charge in [-0.3, -0.25) is 0 Å². The van der Waals surface area contributed by atoms with Gasteiger partial charge in [0.15, 0.2) is 0 Å². The number of hydrogen-bond acceptors (Lipinski definition) is 1. The Balaban J connectivity index is 2.28. The molecule has 0 fully saturated rings. The average molecular weight is 349 g/mol. The summed E-state index contributed by atoms with van der Waals surface area (Å²) >= 11 is 24.2. The van der Waals surface area contributed by atoms with Gasteiger partial charge >= 0.3 is 0 Å². The summed E-state index contributed by atoms with van der Waals surface area (Å²) in [5.74, 6) is 0. The van der Waals surface area contributed by atoms with E-state index in [0.29, 0.717) is 20.1 Å². The molecule has 1 unspecified atom stereocenters. The van der Waals surface area contributed by atoms with Crippen LogP contribution in [-0.2, 0) is 0 Å². The van der Waals surface area contributed by atoms with Crippen molar-refractivity contribution in [1.29, 1.82) is 0 Å². The second kappa shape index (κ2) is 6.91. The zero-order valence-corrected chi connectivity index (χ0v) is 13.8. The molecule has 0 spiro atoms. The molecule has 0 bridgehead atoms. The molecule has 2 aromatic carbocycles. The molecule has 2 rings (SSSR count). The third-order valence-corrected chi connectivity index (χ3v) is 4.32. The molecule has 5 heteroatoms. The Morgan fingerprint density at radius 1 is 0.900 bits per heavy atom. The molecule has 1 nitrogen and oxygen atoms in total. The van der Waals surface area contributed by atoms with Crippen molar-refractivity contribution < 1.29 is 0 Å². The van der Waals surface area contributed by atoms with Crippen molar-refractivity contribution in [3.8, 4) is 0 Å². The maximum Gasteiger partial charge on any atom is 0.0638 e. The molecule has 0 radical (unpaired) electrons. The summed E-state index contributed by atoms with van der Waals surface area (Å²) in [6.07, 6.45) is 0.876. The first-order valence-corrected chi connectivity index (χ1v) is 7.69. The lowest BCUT2D eigenvalue weighted by atomic mass is 10.0. The Kier molecular flexibility index (Phi) is 5.45. The quantitative estimate of drug-likeness (QED) is 0.636. The van der Waals surface area contributed by atoms with Crippen LogP contribution in [0.5, 0.6) is 0 Å². The Morgan fingerprint density at radius 3 is 2.25 bits per heavy atom. The Labute approximate surface area is 138 Å². The highest BCUT2D eigenvalue weighted by Gasteiger charge is 2.12. The topological polar surface area (TPSA) is 12.0 Å². The molecule has 106 valence electrons. The van der Waals surface area contributed by atoms with E-state index in [4.69, 9.17) is 46.4 Å². The minimum Gasteiger partial charge on any atom is -0.377 e. The molecule has 0 amide bonds. The van der Waals surface area contributed by atoms with Crippen molar-refractivity contribution in [2.24, 2.45) is 0 Å². The lowest BCUT2D eigenvalue weighted by Gasteiger charge is -2.20. The maximum absolute atomic E-state index is 6.17. The fourth-order valence-corrected chi connectivity index (χ4v) is 2.60.